The number of aryl methyl sites for hydroxylation is 1. The first-order valence-corrected chi connectivity index (χ1v) is 6.62. The van der Waals surface area contributed by atoms with E-state index < -0.39 is 0 Å². The third kappa shape index (κ3) is 4.80. The third-order valence-corrected chi connectivity index (χ3v) is 2.86. The standard InChI is InChI=1S/C16H18N2O3/c1-12-6-7-16(18-9-12)21-11-15(19)17-10-13-4-3-5-14(8-13)20-2/h3-9H,10-11H2,1-2H3,(H,17,19). The predicted molar refractivity (Wildman–Crippen MR) is 79.3 cm³/mol. The number of methoxy groups -OCH3 is 1. The fourth-order valence-electron chi connectivity index (χ4n) is 1.71. The second-order valence-corrected chi connectivity index (χ2v) is 4.59. The predicted octanol–water partition coefficient (Wildman–Crippen LogP) is 2.09. The minimum atomic E-state index is -0.194. The van der Waals surface area contributed by atoms with Gasteiger partial charge in [-0.15, -0.1) is 0 Å². The number of carbonyl (C=O) groups is 1. The number of amides is 1. The van der Waals surface area contributed by atoms with Crippen molar-refractivity contribution in [3.63, 3.8) is 0 Å². The molecule has 5 heteroatoms. The SMILES string of the molecule is COc1cccc(CNC(=O)COc2ccc(C)cn2)c1. The maximum absolute atomic E-state index is 11.7. The average molecular weight is 286 g/mol. The van der Waals surface area contributed by atoms with E-state index in [1.165, 1.54) is 0 Å². The van der Waals surface area contributed by atoms with Crippen LogP contribution in [0.3, 0.4) is 0 Å². The van der Waals surface area contributed by atoms with E-state index >= 15 is 0 Å². The molecule has 2 rings (SSSR count). The number of ether oxygens (including phenoxy) is 2. The van der Waals surface area contributed by atoms with Crippen LogP contribution >= 0.6 is 0 Å². The van der Waals surface area contributed by atoms with Gasteiger partial charge in [0, 0.05) is 18.8 Å². The van der Waals surface area contributed by atoms with Gasteiger partial charge in [0.2, 0.25) is 5.88 Å². The molecule has 0 unspecified atom stereocenters. The Morgan fingerprint density at radius 1 is 1.29 bits per heavy atom. The molecule has 0 bridgehead atoms. The first kappa shape index (κ1) is 14.8. The molecule has 110 valence electrons. The number of carbonyl (C=O) groups excluding carboxylic acids is 1. The Hall–Kier alpha value is -2.56. The minimum Gasteiger partial charge on any atom is -0.497 e. The maximum Gasteiger partial charge on any atom is 0.258 e. The topological polar surface area (TPSA) is 60.5 Å². The van der Waals surface area contributed by atoms with Crippen molar-refractivity contribution >= 4 is 5.91 Å². The molecule has 0 aliphatic heterocycles. The average Bonchev–Trinajstić information content (AvgIpc) is 2.52. The van der Waals surface area contributed by atoms with E-state index in [2.05, 4.69) is 10.3 Å². The van der Waals surface area contributed by atoms with Crippen LogP contribution in [0, 0.1) is 6.92 Å². The molecule has 1 aromatic heterocycles. The van der Waals surface area contributed by atoms with E-state index in [0.717, 1.165) is 16.9 Å². The van der Waals surface area contributed by atoms with Crippen molar-refractivity contribution in [2.45, 2.75) is 13.5 Å². The van der Waals surface area contributed by atoms with E-state index in [9.17, 15) is 4.79 Å². The molecule has 1 aromatic carbocycles. The molecular formula is C16H18N2O3. The Balaban J connectivity index is 1.78. The van der Waals surface area contributed by atoms with Gasteiger partial charge in [-0.05, 0) is 30.2 Å². The number of aromatic nitrogens is 1. The Bertz CT molecular complexity index is 597. The zero-order chi connectivity index (χ0) is 15.1. The number of rotatable bonds is 6. The number of hydrogen-bond acceptors (Lipinski definition) is 4. The maximum atomic E-state index is 11.7. The summed E-state index contributed by atoms with van der Waals surface area (Å²) in [6.45, 7) is 2.32. The molecule has 1 heterocycles. The lowest BCUT2D eigenvalue weighted by molar-refractivity contribution is -0.123. The van der Waals surface area contributed by atoms with Crippen molar-refractivity contribution in [1.29, 1.82) is 0 Å². The van der Waals surface area contributed by atoms with Crippen LogP contribution in [0.15, 0.2) is 42.6 Å². The second kappa shape index (κ2) is 7.28. The number of nitrogens with zero attached hydrogens (tertiary/aromatic N) is 1. The summed E-state index contributed by atoms with van der Waals surface area (Å²) in [6, 6.07) is 11.2. The van der Waals surface area contributed by atoms with E-state index in [0.29, 0.717) is 12.4 Å². The van der Waals surface area contributed by atoms with Crippen molar-refractivity contribution in [3.05, 3.63) is 53.7 Å². The van der Waals surface area contributed by atoms with Gasteiger partial charge in [-0.25, -0.2) is 4.98 Å². The first-order valence-electron chi connectivity index (χ1n) is 6.62. The highest BCUT2D eigenvalue weighted by atomic mass is 16.5. The third-order valence-electron chi connectivity index (χ3n) is 2.86. The normalized spacial score (nSPS) is 10.0. The van der Waals surface area contributed by atoms with Gasteiger partial charge in [0.1, 0.15) is 5.75 Å². The van der Waals surface area contributed by atoms with Crippen molar-refractivity contribution in [2.75, 3.05) is 13.7 Å². The molecule has 0 aliphatic rings. The van der Waals surface area contributed by atoms with Crippen LogP contribution in [0.25, 0.3) is 0 Å². The Kier molecular flexibility index (Phi) is 5.15. The summed E-state index contributed by atoms with van der Waals surface area (Å²) in [6.07, 6.45) is 1.70. The van der Waals surface area contributed by atoms with Gasteiger partial charge in [-0.1, -0.05) is 18.2 Å². The van der Waals surface area contributed by atoms with Crippen LogP contribution in [0.2, 0.25) is 0 Å². The fourth-order valence-corrected chi connectivity index (χ4v) is 1.71. The molecule has 0 fully saturated rings. The van der Waals surface area contributed by atoms with Crippen LogP contribution in [0.1, 0.15) is 11.1 Å². The number of pyridine rings is 1. The van der Waals surface area contributed by atoms with Gasteiger partial charge >= 0.3 is 0 Å². The molecule has 1 amide bonds. The van der Waals surface area contributed by atoms with Crippen molar-refractivity contribution < 1.29 is 14.3 Å². The van der Waals surface area contributed by atoms with Crippen LogP contribution in [-0.2, 0) is 11.3 Å². The molecule has 2 aromatic rings. The van der Waals surface area contributed by atoms with Crippen molar-refractivity contribution in [3.8, 4) is 11.6 Å². The molecule has 0 spiro atoms. The molecule has 0 atom stereocenters. The van der Waals surface area contributed by atoms with E-state index in [1.54, 1.807) is 19.4 Å². The lowest BCUT2D eigenvalue weighted by Crippen LogP contribution is -2.28. The van der Waals surface area contributed by atoms with Crippen LogP contribution in [0.5, 0.6) is 11.6 Å². The molecule has 0 saturated carbocycles. The molecular weight excluding hydrogens is 268 g/mol. The molecule has 0 radical (unpaired) electrons. The Labute approximate surface area is 123 Å². The van der Waals surface area contributed by atoms with E-state index in [1.807, 2.05) is 37.3 Å². The number of nitrogens with one attached hydrogen (secondary N) is 1. The zero-order valence-electron chi connectivity index (χ0n) is 12.1. The smallest absolute Gasteiger partial charge is 0.258 e. The molecule has 0 saturated heterocycles. The lowest BCUT2D eigenvalue weighted by Gasteiger charge is -2.08. The highest BCUT2D eigenvalue weighted by Crippen LogP contribution is 2.12. The Morgan fingerprint density at radius 2 is 2.14 bits per heavy atom. The fraction of sp³-hybridized carbons (Fsp3) is 0.250. The van der Waals surface area contributed by atoms with Crippen molar-refractivity contribution in [1.82, 2.24) is 10.3 Å². The van der Waals surface area contributed by atoms with Gasteiger partial charge in [-0.3, -0.25) is 4.79 Å². The molecule has 21 heavy (non-hydrogen) atoms. The van der Waals surface area contributed by atoms with Crippen molar-refractivity contribution in [2.24, 2.45) is 0 Å². The molecule has 0 aliphatic carbocycles. The van der Waals surface area contributed by atoms with E-state index in [4.69, 9.17) is 9.47 Å². The van der Waals surface area contributed by atoms with Gasteiger partial charge in [0.25, 0.3) is 5.91 Å². The highest BCUT2D eigenvalue weighted by molar-refractivity contribution is 5.77. The molecule has 1 N–H and O–H groups in total. The first-order chi connectivity index (χ1) is 10.2. The quantitative estimate of drug-likeness (QED) is 0.883. The van der Waals surface area contributed by atoms with E-state index in [-0.39, 0.29) is 12.5 Å². The summed E-state index contributed by atoms with van der Waals surface area (Å²) in [4.78, 5) is 15.8. The van der Waals surface area contributed by atoms with Crippen LogP contribution in [-0.4, -0.2) is 24.6 Å². The summed E-state index contributed by atoms with van der Waals surface area (Å²) in [5.74, 6) is 1.01. The van der Waals surface area contributed by atoms with Gasteiger partial charge in [0.05, 0.1) is 7.11 Å². The number of benzene rings is 1. The zero-order valence-corrected chi connectivity index (χ0v) is 12.1. The highest BCUT2D eigenvalue weighted by Gasteiger charge is 2.04. The van der Waals surface area contributed by atoms with Gasteiger partial charge < -0.3 is 14.8 Å². The summed E-state index contributed by atoms with van der Waals surface area (Å²) in [5, 5.41) is 2.78. The lowest BCUT2D eigenvalue weighted by atomic mass is 10.2. The van der Waals surface area contributed by atoms with Crippen LogP contribution < -0.4 is 14.8 Å². The minimum absolute atomic E-state index is 0.0555. The largest absolute Gasteiger partial charge is 0.497 e. The Morgan fingerprint density at radius 3 is 2.86 bits per heavy atom. The second-order valence-electron chi connectivity index (χ2n) is 4.59. The number of hydrogen-bond donors (Lipinski definition) is 1. The summed E-state index contributed by atoms with van der Waals surface area (Å²) in [7, 11) is 1.61. The summed E-state index contributed by atoms with van der Waals surface area (Å²) in [5.41, 5.74) is 2.01. The van der Waals surface area contributed by atoms with Crippen LogP contribution in [0.4, 0.5) is 0 Å². The van der Waals surface area contributed by atoms with Gasteiger partial charge in [0.15, 0.2) is 6.61 Å². The summed E-state index contributed by atoms with van der Waals surface area (Å²) < 4.78 is 10.4. The molecule has 5 nitrogen and oxygen atoms in total. The monoisotopic (exact) mass is 286 g/mol. The summed E-state index contributed by atoms with van der Waals surface area (Å²) >= 11 is 0. The van der Waals surface area contributed by atoms with Gasteiger partial charge in [-0.2, -0.15) is 0 Å².